The Labute approximate surface area is 155 Å². The molecule has 0 atom stereocenters. The van der Waals surface area contributed by atoms with Gasteiger partial charge >= 0.3 is 12.1 Å². The van der Waals surface area contributed by atoms with Gasteiger partial charge in [-0.3, -0.25) is 0 Å². The van der Waals surface area contributed by atoms with Crippen molar-refractivity contribution in [1.29, 1.82) is 0 Å². The van der Waals surface area contributed by atoms with Gasteiger partial charge in [-0.1, -0.05) is 25.1 Å². The number of likely N-dealkylation sites (tertiary alicyclic amines) is 1. The van der Waals surface area contributed by atoms with Gasteiger partial charge in [0.05, 0.1) is 13.2 Å². The van der Waals surface area contributed by atoms with Crippen molar-refractivity contribution in [2.45, 2.75) is 39.2 Å². The second-order valence-electron chi connectivity index (χ2n) is 6.17. The molecule has 0 bridgehead atoms. The molecule has 2 N–H and O–H groups in total. The molecule has 1 aliphatic rings. The van der Waals surface area contributed by atoms with Crippen molar-refractivity contribution < 1.29 is 19.1 Å². The zero-order chi connectivity index (χ0) is 18.8. The normalized spacial score (nSPS) is 14.6. The summed E-state index contributed by atoms with van der Waals surface area (Å²) in [4.78, 5) is 25.3. The van der Waals surface area contributed by atoms with E-state index in [1.807, 2.05) is 24.3 Å². The summed E-state index contributed by atoms with van der Waals surface area (Å²) in [5, 5.41) is 5.76. The van der Waals surface area contributed by atoms with Crippen molar-refractivity contribution >= 4 is 12.1 Å². The topological polar surface area (TPSA) is 79.9 Å². The minimum absolute atomic E-state index is 0.0717. The first kappa shape index (κ1) is 19.9. The summed E-state index contributed by atoms with van der Waals surface area (Å²) in [5.74, 6) is 0.864. The Morgan fingerprint density at radius 3 is 2.62 bits per heavy atom. The van der Waals surface area contributed by atoms with E-state index >= 15 is 0 Å². The van der Waals surface area contributed by atoms with Gasteiger partial charge in [0.25, 0.3) is 0 Å². The average molecular weight is 363 g/mol. The monoisotopic (exact) mass is 363 g/mol. The molecule has 1 heterocycles. The van der Waals surface area contributed by atoms with Crippen LogP contribution >= 0.6 is 0 Å². The van der Waals surface area contributed by atoms with E-state index in [1.54, 1.807) is 11.8 Å². The summed E-state index contributed by atoms with van der Waals surface area (Å²) in [6, 6.07) is 7.78. The van der Waals surface area contributed by atoms with Crippen molar-refractivity contribution in [1.82, 2.24) is 15.5 Å². The number of nitrogens with one attached hydrogen (secondary N) is 2. The number of rotatable bonds is 7. The van der Waals surface area contributed by atoms with Crippen LogP contribution in [0.5, 0.6) is 5.75 Å². The van der Waals surface area contributed by atoms with E-state index in [1.165, 1.54) is 0 Å². The molecule has 144 valence electrons. The van der Waals surface area contributed by atoms with Gasteiger partial charge < -0.3 is 25.0 Å². The minimum Gasteiger partial charge on any atom is -0.491 e. The average Bonchev–Trinajstić information content (AvgIpc) is 2.66. The van der Waals surface area contributed by atoms with E-state index in [4.69, 9.17) is 9.47 Å². The van der Waals surface area contributed by atoms with Crippen molar-refractivity contribution in [3.8, 4) is 5.75 Å². The first-order valence-electron chi connectivity index (χ1n) is 9.30. The Balaban J connectivity index is 1.62. The third-order valence-corrected chi connectivity index (χ3v) is 4.35. The molecule has 0 saturated carbocycles. The van der Waals surface area contributed by atoms with Crippen LogP contribution in [-0.4, -0.2) is 55.9 Å². The lowest BCUT2D eigenvalue weighted by molar-refractivity contribution is 0.0957. The van der Waals surface area contributed by atoms with Crippen LogP contribution in [0.15, 0.2) is 24.3 Å². The van der Waals surface area contributed by atoms with Crippen molar-refractivity contribution in [2.24, 2.45) is 0 Å². The molecule has 1 fully saturated rings. The molecule has 2 rings (SSSR count). The maximum absolute atomic E-state index is 12.0. The standard InChI is InChI=1S/C19H29N3O4/c1-3-15-7-5-6-8-17(15)26-14-11-20-18(23)21-16-9-12-22(13-10-16)19(24)25-4-2/h5-8,16H,3-4,9-14H2,1-2H3,(H2,20,21,23). The lowest BCUT2D eigenvalue weighted by Crippen LogP contribution is -2.49. The molecule has 26 heavy (non-hydrogen) atoms. The Morgan fingerprint density at radius 2 is 1.92 bits per heavy atom. The third kappa shape index (κ3) is 6.13. The molecule has 1 saturated heterocycles. The molecular formula is C19H29N3O4. The number of ether oxygens (including phenoxy) is 2. The SMILES string of the molecule is CCOC(=O)N1CCC(NC(=O)NCCOc2ccccc2CC)CC1. The molecule has 7 nitrogen and oxygen atoms in total. The van der Waals surface area contributed by atoms with E-state index in [9.17, 15) is 9.59 Å². The van der Waals surface area contributed by atoms with Crippen LogP contribution in [0.1, 0.15) is 32.3 Å². The van der Waals surface area contributed by atoms with Crippen LogP contribution in [0.25, 0.3) is 0 Å². The van der Waals surface area contributed by atoms with Gasteiger partial charge in [-0.05, 0) is 37.8 Å². The number of nitrogens with zero attached hydrogens (tertiary/aromatic N) is 1. The van der Waals surface area contributed by atoms with Crippen LogP contribution in [0.4, 0.5) is 9.59 Å². The molecule has 1 aromatic rings. The van der Waals surface area contributed by atoms with Crippen LogP contribution in [0.3, 0.4) is 0 Å². The first-order valence-corrected chi connectivity index (χ1v) is 9.30. The highest BCUT2D eigenvalue weighted by Crippen LogP contribution is 2.17. The van der Waals surface area contributed by atoms with Gasteiger partial charge in [0.15, 0.2) is 0 Å². The summed E-state index contributed by atoms with van der Waals surface area (Å²) in [5.41, 5.74) is 1.16. The molecule has 0 radical (unpaired) electrons. The number of benzene rings is 1. The molecule has 3 amide bonds. The lowest BCUT2D eigenvalue weighted by atomic mass is 10.1. The highest BCUT2D eigenvalue weighted by atomic mass is 16.6. The van der Waals surface area contributed by atoms with Crippen molar-refractivity contribution in [3.63, 3.8) is 0 Å². The van der Waals surface area contributed by atoms with Crippen molar-refractivity contribution in [3.05, 3.63) is 29.8 Å². The molecule has 1 aromatic carbocycles. The smallest absolute Gasteiger partial charge is 0.409 e. The van der Waals surface area contributed by atoms with E-state index < -0.39 is 0 Å². The van der Waals surface area contributed by atoms with Gasteiger partial charge in [0.2, 0.25) is 0 Å². The fourth-order valence-corrected chi connectivity index (χ4v) is 2.92. The number of piperidine rings is 1. The van der Waals surface area contributed by atoms with Gasteiger partial charge in [-0.15, -0.1) is 0 Å². The van der Waals surface area contributed by atoms with Crippen molar-refractivity contribution in [2.75, 3.05) is 32.8 Å². The zero-order valence-corrected chi connectivity index (χ0v) is 15.6. The molecule has 0 aromatic heterocycles. The fraction of sp³-hybridized carbons (Fsp3) is 0.579. The van der Waals surface area contributed by atoms with Gasteiger partial charge in [-0.2, -0.15) is 0 Å². The Morgan fingerprint density at radius 1 is 1.19 bits per heavy atom. The van der Waals surface area contributed by atoms with Crippen LogP contribution in [0.2, 0.25) is 0 Å². The number of hydrogen-bond donors (Lipinski definition) is 2. The van der Waals surface area contributed by atoms with Gasteiger partial charge in [0.1, 0.15) is 12.4 Å². The number of carbonyl (C=O) groups is 2. The summed E-state index contributed by atoms with van der Waals surface area (Å²) < 4.78 is 10.7. The highest BCUT2D eigenvalue weighted by molar-refractivity contribution is 5.74. The summed E-state index contributed by atoms with van der Waals surface area (Å²) >= 11 is 0. The number of para-hydroxylation sites is 1. The number of amides is 3. The van der Waals surface area contributed by atoms with Crippen LogP contribution in [-0.2, 0) is 11.2 Å². The number of hydrogen-bond acceptors (Lipinski definition) is 4. The molecule has 0 aliphatic carbocycles. The Hall–Kier alpha value is -2.44. The maximum atomic E-state index is 12.0. The molecular weight excluding hydrogens is 334 g/mol. The van der Waals surface area contributed by atoms with E-state index in [2.05, 4.69) is 17.6 Å². The van der Waals surface area contributed by atoms with E-state index in [0.29, 0.717) is 32.8 Å². The Kier molecular flexibility index (Phi) is 8.05. The van der Waals surface area contributed by atoms with Gasteiger partial charge in [0, 0.05) is 19.1 Å². The largest absolute Gasteiger partial charge is 0.491 e. The maximum Gasteiger partial charge on any atom is 0.409 e. The molecule has 0 unspecified atom stereocenters. The summed E-state index contributed by atoms with van der Waals surface area (Å²) in [6.07, 6.45) is 2.09. The summed E-state index contributed by atoms with van der Waals surface area (Å²) in [6.45, 7) is 6.31. The fourth-order valence-electron chi connectivity index (χ4n) is 2.92. The molecule has 1 aliphatic heterocycles. The van der Waals surface area contributed by atoms with Crippen LogP contribution < -0.4 is 15.4 Å². The van der Waals surface area contributed by atoms with E-state index in [0.717, 1.165) is 30.6 Å². The predicted molar refractivity (Wildman–Crippen MR) is 99.5 cm³/mol. The zero-order valence-electron chi connectivity index (χ0n) is 15.6. The quantitative estimate of drug-likeness (QED) is 0.730. The second-order valence-corrected chi connectivity index (χ2v) is 6.17. The highest BCUT2D eigenvalue weighted by Gasteiger charge is 2.24. The predicted octanol–water partition coefficient (Wildman–Crippen LogP) is 2.55. The molecule has 7 heteroatoms. The molecule has 0 spiro atoms. The number of urea groups is 1. The summed E-state index contributed by atoms with van der Waals surface area (Å²) in [7, 11) is 0. The third-order valence-electron chi connectivity index (χ3n) is 4.35. The number of aryl methyl sites for hydroxylation is 1. The second kappa shape index (κ2) is 10.5. The van der Waals surface area contributed by atoms with Gasteiger partial charge in [-0.25, -0.2) is 9.59 Å². The first-order chi connectivity index (χ1) is 12.6. The minimum atomic E-state index is -0.278. The number of carbonyl (C=O) groups excluding carboxylic acids is 2. The van der Waals surface area contributed by atoms with Crippen LogP contribution in [0, 0.1) is 0 Å². The lowest BCUT2D eigenvalue weighted by Gasteiger charge is -2.31. The Bertz CT molecular complexity index is 586. The van der Waals surface area contributed by atoms with E-state index in [-0.39, 0.29) is 18.2 Å².